The van der Waals surface area contributed by atoms with Crippen molar-refractivity contribution < 1.29 is 9.84 Å². The monoisotopic (exact) mass is 269 g/mol. The lowest BCUT2D eigenvalue weighted by Crippen LogP contribution is -2.44. The number of guanidine groups is 1. The lowest BCUT2D eigenvalue weighted by atomic mass is 10.1. The van der Waals surface area contributed by atoms with Crippen LogP contribution in [-0.4, -0.2) is 62.5 Å². The van der Waals surface area contributed by atoms with Crippen LogP contribution in [0.3, 0.4) is 0 Å². The van der Waals surface area contributed by atoms with E-state index in [1.54, 1.807) is 0 Å². The molecule has 2 rings (SSSR count). The van der Waals surface area contributed by atoms with Gasteiger partial charge in [0.1, 0.15) is 0 Å². The van der Waals surface area contributed by atoms with E-state index in [-0.39, 0.29) is 6.10 Å². The van der Waals surface area contributed by atoms with Crippen LogP contribution >= 0.6 is 0 Å². The molecule has 2 fully saturated rings. The molecule has 3 unspecified atom stereocenters. The molecule has 2 aliphatic rings. The Morgan fingerprint density at radius 3 is 2.84 bits per heavy atom. The number of aliphatic imine (C=N–C) groups is 1. The fraction of sp³-hybridized carbons (Fsp3) is 0.929. The first-order chi connectivity index (χ1) is 9.20. The summed E-state index contributed by atoms with van der Waals surface area (Å²) in [6.45, 7) is 3.55. The van der Waals surface area contributed by atoms with Crippen LogP contribution in [0.1, 0.15) is 25.7 Å². The van der Waals surface area contributed by atoms with Gasteiger partial charge in [0.2, 0.25) is 0 Å². The Bertz CT molecular complexity index is 303. The van der Waals surface area contributed by atoms with Crippen molar-refractivity contribution in [3.8, 4) is 0 Å². The molecule has 0 aromatic rings. The minimum Gasteiger partial charge on any atom is -0.393 e. The van der Waals surface area contributed by atoms with E-state index in [1.807, 2.05) is 7.05 Å². The van der Waals surface area contributed by atoms with Gasteiger partial charge in [-0.3, -0.25) is 4.99 Å². The quantitative estimate of drug-likeness (QED) is 0.582. The van der Waals surface area contributed by atoms with E-state index in [0.717, 1.165) is 57.9 Å². The summed E-state index contributed by atoms with van der Waals surface area (Å²) in [6, 6.07) is 0. The van der Waals surface area contributed by atoms with Crippen molar-refractivity contribution in [2.45, 2.75) is 31.8 Å². The summed E-state index contributed by atoms with van der Waals surface area (Å²) in [4.78, 5) is 6.49. The average Bonchev–Trinajstić information content (AvgIpc) is 3.02. The number of hydrogen-bond acceptors (Lipinski definition) is 3. The van der Waals surface area contributed by atoms with Crippen LogP contribution in [0.4, 0.5) is 0 Å². The van der Waals surface area contributed by atoms with Crippen LogP contribution in [0.5, 0.6) is 0 Å². The molecule has 0 aromatic carbocycles. The lowest BCUT2D eigenvalue weighted by molar-refractivity contribution is 0.133. The number of rotatable bonds is 4. The Balaban J connectivity index is 1.75. The van der Waals surface area contributed by atoms with Gasteiger partial charge in [0.25, 0.3) is 0 Å². The molecule has 110 valence electrons. The molecule has 1 aliphatic heterocycles. The molecule has 0 amide bonds. The molecule has 0 spiro atoms. The number of hydrogen-bond donors (Lipinski definition) is 2. The summed E-state index contributed by atoms with van der Waals surface area (Å²) in [6.07, 6.45) is 4.20. The average molecular weight is 269 g/mol. The maximum atomic E-state index is 9.83. The molecule has 2 N–H and O–H groups in total. The topological polar surface area (TPSA) is 57.1 Å². The van der Waals surface area contributed by atoms with Gasteiger partial charge in [-0.1, -0.05) is 6.42 Å². The van der Waals surface area contributed by atoms with Gasteiger partial charge in [-0.25, -0.2) is 0 Å². The standard InChI is InChI=1S/C14H27N3O2/c1-15-14(16-8-12-4-3-5-13(12)18)17(2)9-11-6-7-19-10-11/h11-13,18H,3-10H2,1-2H3,(H,15,16). The Hall–Kier alpha value is -0.810. The fourth-order valence-electron chi connectivity index (χ4n) is 3.06. The van der Waals surface area contributed by atoms with E-state index < -0.39 is 0 Å². The highest BCUT2D eigenvalue weighted by Crippen LogP contribution is 2.24. The number of nitrogens with zero attached hydrogens (tertiary/aromatic N) is 2. The Morgan fingerprint density at radius 1 is 1.42 bits per heavy atom. The van der Waals surface area contributed by atoms with Gasteiger partial charge >= 0.3 is 0 Å². The van der Waals surface area contributed by atoms with Crippen LogP contribution < -0.4 is 5.32 Å². The molecule has 5 nitrogen and oxygen atoms in total. The lowest BCUT2D eigenvalue weighted by Gasteiger charge is -2.26. The maximum Gasteiger partial charge on any atom is 0.193 e. The first-order valence-corrected chi connectivity index (χ1v) is 7.38. The Kier molecular flexibility index (Phi) is 5.45. The predicted octanol–water partition coefficient (Wildman–Crippen LogP) is 0.691. The van der Waals surface area contributed by atoms with Gasteiger partial charge in [0.05, 0.1) is 12.7 Å². The maximum absolute atomic E-state index is 9.83. The normalized spacial score (nSPS) is 31.7. The first-order valence-electron chi connectivity index (χ1n) is 7.38. The summed E-state index contributed by atoms with van der Waals surface area (Å²) >= 11 is 0. The molecule has 0 aromatic heterocycles. The third-order valence-corrected chi connectivity index (χ3v) is 4.27. The van der Waals surface area contributed by atoms with Crippen LogP contribution in [0, 0.1) is 11.8 Å². The smallest absolute Gasteiger partial charge is 0.193 e. The van der Waals surface area contributed by atoms with Gasteiger partial charge < -0.3 is 20.1 Å². The Labute approximate surface area is 116 Å². The number of aliphatic hydroxyl groups excluding tert-OH is 1. The largest absolute Gasteiger partial charge is 0.393 e. The second-order valence-electron chi connectivity index (χ2n) is 5.80. The van der Waals surface area contributed by atoms with Crippen molar-refractivity contribution in [1.82, 2.24) is 10.2 Å². The third kappa shape index (κ3) is 4.08. The van der Waals surface area contributed by atoms with E-state index in [0.29, 0.717) is 11.8 Å². The van der Waals surface area contributed by atoms with Crippen LogP contribution in [-0.2, 0) is 4.74 Å². The van der Waals surface area contributed by atoms with E-state index >= 15 is 0 Å². The van der Waals surface area contributed by atoms with Crippen LogP contribution in [0.2, 0.25) is 0 Å². The van der Waals surface area contributed by atoms with Gasteiger partial charge in [0.15, 0.2) is 5.96 Å². The van der Waals surface area contributed by atoms with Crippen molar-refractivity contribution in [3.05, 3.63) is 0 Å². The molecule has 3 atom stereocenters. The molecule has 1 saturated carbocycles. The molecule has 1 aliphatic carbocycles. The van der Waals surface area contributed by atoms with Gasteiger partial charge in [-0.15, -0.1) is 0 Å². The van der Waals surface area contributed by atoms with Crippen LogP contribution in [0.25, 0.3) is 0 Å². The van der Waals surface area contributed by atoms with Crippen molar-refractivity contribution in [2.24, 2.45) is 16.8 Å². The number of aliphatic hydroxyl groups is 1. The molecule has 1 heterocycles. The number of ether oxygens (including phenoxy) is 1. The van der Waals surface area contributed by atoms with E-state index in [1.165, 1.54) is 0 Å². The second-order valence-corrected chi connectivity index (χ2v) is 5.80. The minimum atomic E-state index is -0.140. The highest BCUT2D eigenvalue weighted by molar-refractivity contribution is 5.79. The molecule has 19 heavy (non-hydrogen) atoms. The summed E-state index contributed by atoms with van der Waals surface area (Å²) in [5.74, 6) is 1.91. The number of nitrogens with one attached hydrogen (secondary N) is 1. The molecule has 0 bridgehead atoms. The fourth-order valence-corrected chi connectivity index (χ4v) is 3.06. The zero-order valence-corrected chi connectivity index (χ0v) is 12.1. The molecular formula is C14H27N3O2. The van der Waals surface area contributed by atoms with E-state index in [2.05, 4.69) is 22.3 Å². The van der Waals surface area contributed by atoms with Crippen molar-refractivity contribution in [2.75, 3.05) is 40.4 Å². The minimum absolute atomic E-state index is 0.140. The summed E-state index contributed by atoms with van der Waals surface area (Å²) < 4.78 is 5.41. The molecule has 1 saturated heterocycles. The van der Waals surface area contributed by atoms with Gasteiger partial charge in [-0.2, -0.15) is 0 Å². The second kappa shape index (κ2) is 7.10. The highest BCUT2D eigenvalue weighted by Gasteiger charge is 2.25. The van der Waals surface area contributed by atoms with E-state index in [9.17, 15) is 5.11 Å². The zero-order valence-electron chi connectivity index (χ0n) is 12.1. The SMILES string of the molecule is CN=C(NCC1CCCC1O)N(C)CC1CCOC1. The van der Waals surface area contributed by atoms with E-state index in [4.69, 9.17) is 4.74 Å². The van der Waals surface area contributed by atoms with Crippen molar-refractivity contribution in [1.29, 1.82) is 0 Å². The Morgan fingerprint density at radius 2 is 2.26 bits per heavy atom. The van der Waals surface area contributed by atoms with Crippen molar-refractivity contribution >= 4 is 5.96 Å². The summed E-state index contributed by atoms with van der Waals surface area (Å²) in [5, 5.41) is 13.2. The van der Waals surface area contributed by atoms with Crippen molar-refractivity contribution in [3.63, 3.8) is 0 Å². The third-order valence-electron chi connectivity index (χ3n) is 4.27. The molecular weight excluding hydrogens is 242 g/mol. The van der Waals surface area contributed by atoms with Crippen LogP contribution in [0.15, 0.2) is 4.99 Å². The summed E-state index contributed by atoms with van der Waals surface area (Å²) in [5.41, 5.74) is 0. The molecule has 5 heteroatoms. The zero-order chi connectivity index (χ0) is 13.7. The van der Waals surface area contributed by atoms with Gasteiger partial charge in [0, 0.05) is 45.6 Å². The first kappa shape index (κ1) is 14.6. The van der Waals surface area contributed by atoms with Gasteiger partial charge in [-0.05, 0) is 19.3 Å². The highest BCUT2D eigenvalue weighted by atomic mass is 16.5. The molecule has 0 radical (unpaired) electrons. The summed E-state index contributed by atoms with van der Waals surface area (Å²) in [7, 11) is 3.88. The predicted molar refractivity (Wildman–Crippen MR) is 76.3 cm³/mol.